The Hall–Kier alpha value is -1.16. The van der Waals surface area contributed by atoms with Crippen LogP contribution in [0.5, 0.6) is 0 Å². The van der Waals surface area contributed by atoms with Crippen LogP contribution in [0.4, 0.5) is 0 Å². The maximum atomic E-state index is 11.9. The summed E-state index contributed by atoms with van der Waals surface area (Å²) in [6, 6.07) is 0. The minimum absolute atomic E-state index is 0.291. The number of allylic oxidation sites excluding steroid dienone is 1. The van der Waals surface area contributed by atoms with Crippen molar-refractivity contribution >= 4 is 11.7 Å². The van der Waals surface area contributed by atoms with Crippen molar-refractivity contribution < 1.29 is 14.7 Å². The number of ketones is 1. The van der Waals surface area contributed by atoms with Gasteiger partial charge >= 0.3 is 0 Å². The number of primary amides is 1. The zero-order chi connectivity index (χ0) is 16.4. The van der Waals surface area contributed by atoms with Gasteiger partial charge in [-0.05, 0) is 74.7 Å². The van der Waals surface area contributed by atoms with Gasteiger partial charge in [-0.25, -0.2) is 0 Å². The topological polar surface area (TPSA) is 80.4 Å². The van der Waals surface area contributed by atoms with Gasteiger partial charge in [0, 0.05) is 11.8 Å². The van der Waals surface area contributed by atoms with Crippen LogP contribution in [0, 0.1) is 29.1 Å². The molecule has 0 radical (unpaired) electrons. The Labute approximate surface area is 137 Å². The van der Waals surface area contributed by atoms with Gasteiger partial charge < -0.3 is 10.8 Å². The summed E-state index contributed by atoms with van der Waals surface area (Å²) in [6.07, 6.45) is 9.03. The molecule has 6 atom stereocenters. The lowest BCUT2D eigenvalue weighted by atomic mass is 9.50. The highest BCUT2D eigenvalue weighted by Crippen LogP contribution is 2.64. The Kier molecular flexibility index (Phi) is 3.29. The molecule has 0 aromatic heterocycles. The molecule has 0 aromatic rings. The van der Waals surface area contributed by atoms with Gasteiger partial charge in [0.05, 0.1) is 0 Å². The average molecular weight is 317 g/mol. The van der Waals surface area contributed by atoms with E-state index in [0.29, 0.717) is 42.3 Å². The Morgan fingerprint density at radius 2 is 1.96 bits per heavy atom. The molecular formula is C19H27NO3. The van der Waals surface area contributed by atoms with Crippen LogP contribution in [0.1, 0.15) is 58.3 Å². The van der Waals surface area contributed by atoms with Crippen molar-refractivity contribution in [2.24, 2.45) is 34.8 Å². The van der Waals surface area contributed by atoms with E-state index in [1.54, 1.807) is 0 Å². The fourth-order valence-corrected chi connectivity index (χ4v) is 6.60. The van der Waals surface area contributed by atoms with E-state index in [1.807, 2.05) is 6.08 Å². The van der Waals surface area contributed by atoms with Crippen LogP contribution in [0.3, 0.4) is 0 Å². The van der Waals surface area contributed by atoms with Crippen molar-refractivity contribution in [2.45, 2.75) is 63.9 Å². The lowest BCUT2D eigenvalue weighted by Gasteiger charge is -2.55. The van der Waals surface area contributed by atoms with E-state index in [2.05, 4.69) is 6.92 Å². The Balaban J connectivity index is 1.65. The number of fused-ring (bicyclic) bond motifs is 5. The van der Waals surface area contributed by atoms with Gasteiger partial charge in [0.2, 0.25) is 5.91 Å². The molecule has 4 rings (SSSR count). The number of aliphatic hydroxyl groups is 1. The molecule has 23 heavy (non-hydrogen) atoms. The van der Waals surface area contributed by atoms with Crippen LogP contribution in [0.15, 0.2) is 11.6 Å². The SMILES string of the molecule is C[C@]12CC[C@H]3[C@@H](CCC4=CC(=O)CC[C@@H]43)[C@@H]1CC[C@]2(O)C(N)=O. The maximum absolute atomic E-state index is 11.9. The van der Waals surface area contributed by atoms with Crippen LogP contribution in [-0.4, -0.2) is 22.4 Å². The van der Waals surface area contributed by atoms with E-state index < -0.39 is 11.5 Å². The molecule has 4 nitrogen and oxygen atoms in total. The van der Waals surface area contributed by atoms with Crippen molar-refractivity contribution in [1.29, 1.82) is 0 Å². The van der Waals surface area contributed by atoms with Crippen molar-refractivity contribution in [3.05, 3.63) is 11.6 Å². The highest BCUT2D eigenvalue weighted by molar-refractivity contribution is 5.91. The normalized spacial score (nSPS) is 49.0. The molecule has 1 amide bonds. The van der Waals surface area contributed by atoms with Gasteiger partial charge in [0.15, 0.2) is 5.78 Å². The Bertz CT molecular complexity index is 597. The summed E-state index contributed by atoms with van der Waals surface area (Å²) in [4.78, 5) is 23.6. The molecule has 4 aliphatic rings. The maximum Gasteiger partial charge on any atom is 0.249 e. The minimum Gasteiger partial charge on any atom is -0.379 e. The van der Waals surface area contributed by atoms with Crippen LogP contribution in [0.2, 0.25) is 0 Å². The summed E-state index contributed by atoms with van der Waals surface area (Å²) >= 11 is 0. The largest absolute Gasteiger partial charge is 0.379 e. The van der Waals surface area contributed by atoms with Gasteiger partial charge in [-0.3, -0.25) is 9.59 Å². The first kappa shape index (κ1) is 15.4. The van der Waals surface area contributed by atoms with Crippen LogP contribution in [-0.2, 0) is 9.59 Å². The Morgan fingerprint density at radius 1 is 1.17 bits per heavy atom. The smallest absolute Gasteiger partial charge is 0.249 e. The van der Waals surface area contributed by atoms with Gasteiger partial charge in [0.25, 0.3) is 0 Å². The van der Waals surface area contributed by atoms with Crippen molar-refractivity contribution in [1.82, 2.24) is 0 Å². The molecule has 4 heteroatoms. The first-order valence-electron chi connectivity index (χ1n) is 9.12. The molecule has 4 aliphatic carbocycles. The van der Waals surface area contributed by atoms with Gasteiger partial charge in [-0.2, -0.15) is 0 Å². The first-order valence-corrected chi connectivity index (χ1v) is 9.12. The second kappa shape index (κ2) is 4.92. The van der Waals surface area contributed by atoms with Crippen molar-refractivity contribution in [3.63, 3.8) is 0 Å². The molecule has 0 unspecified atom stereocenters. The first-order chi connectivity index (χ1) is 10.9. The van der Waals surface area contributed by atoms with Gasteiger partial charge in [0.1, 0.15) is 5.60 Å². The Morgan fingerprint density at radius 3 is 2.70 bits per heavy atom. The summed E-state index contributed by atoms with van der Waals surface area (Å²) in [5.74, 6) is 1.88. The summed E-state index contributed by atoms with van der Waals surface area (Å²) in [6.45, 7) is 2.08. The summed E-state index contributed by atoms with van der Waals surface area (Å²) in [5.41, 5.74) is 5.25. The average Bonchev–Trinajstić information content (AvgIpc) is 2.80. The molecule has 126 valence electrons. The molecule has 0 heterocycles. The lowest BCUT2D eigenvalue weighted by Crippen LogP contribution is -2.58. The second-order valence-corrected chi connectivity index (χ2v) is 8.52. The number of rotatable bonds is 1. The fraction of sp³-hybridized carbons (Fsp3) is 0.789. The van der Waals surface area contributed by atoms with Gasteiger partial charge in [-0.1, -0.05) is 12.5 Å². The van der Waals surface area contributed by atoms with Gasteiger partial charge in [-0.15, -0.1) is 0 Å². The number of carbonyl (C=O) groups is 2. The van der Waals surface area contributed by atoms with E-state index in [9.17, 15) is 14.7 Å². The van der Waals surface area contributed by atoms with E-state index in [-0.39, 0.29) is 5.41 Å². The van der Waals surface area contributed by atoms with Crippen LogP contribution in [0.25, 0.3) is 0 Å². The zero-order valence-electron chi connectivity index (χ0n) is 13.9. The lowest BCUT2D eigenvalue weighted by molar-refractivity contribution is -0.158. The molecule has 0 bridgehead atoms. The van der Waals surface area contributed by atoms with Crippen molar-refractivity contribution in [2.75, 3.05) is 0 Å². The van der Waals surface area contributed by atoms with Crippen LogP contribution < -0.4 is 5.73 Å². The second-order valence-electron chi connectivity index (χ2n) is 8.52. The molecule has 0 spiro atoms. The number of hydrogen-bond acceptors (Lipinski definition) is 3. The summed E-state index contributed by atoms with van der Waals surface area (Å²) in [7, 11) is 0. The molecule has 3 N–H and O–H groups in total. The van der Waals surface area contributed by atoms with E-state index in [4.69, 9.17) is 5.73 Å². The van der Waals surface area contributed by atoms with E-state index in [0.717, 1.165) is 38.5 Å². The predicted molar refractivity (Wildman–Crippen MR) is 86.2 cm³/mol. The van der Waals surface area contributed by atoms with Crippen molar-refractivity contribution in [3.8, 4) is 0 Å². The third-order valence-electron chi connectivity index (χ3n) is 7.86. The quantitative estimate of drug-likeness (QED) is 0.779. The molecule has 3 fully saturated rings. The highest BCUT2D eigenvalue weighted by Gasteiger charge is 2.64. The number of carbonyl (C=O) groups excluding carboxylic acids is 2. The zero-order valence-corrected chi connectivity index (χ0v) is 13.9. The molecular weight excluding hydrogens is 290 g/mol. The minimum atomic E-state index is -1.33. The number of hydrogen-bond donors (Lipinski definition) is 2. The number of amides is 1. The highest BCUT2D eigenvalue weighted by atomic mass is 16.3. The summed E-state index contributed by atoms with van der Waals surface area (Å²) < 4.78 is 0. The fourth-order valence-electron chi connectivity index (χ4n) is 6.60. The molecule has 3 saturated carbocycles. The number of nitrogens with two attached hydrogens (primary N) is 1. The molecule has 0 saturated heterocycles. The standard InChI is InChI=1S/C19H27NO3/c1-18-8-6-14-13-5-3-12(21)10-11(13)2-4-15(14)16(18)7-9-19(18,23)17(20)22/h10,13-16,23H,2-9H2,1H3,(H2,20,22)/t13-,14+,15+,16-,18-,19-/m0/s1. The van der Waals surface area contributed by atoms with E-state index >= 15 is 0 Å². The summed E-state index contributed by atoms with van der Waals surface area (Å²) in [5, 5.41) is 10.9. The van der Waals surface area contributed by atoms with Crippen LogP contribution >= 0.6 is 0 Å². The van der Waals surface area contributed by atoms with E-state index in [1.165, 1.54) is 5.57 Å². The predicted octanol–water partition coefficient (Wildman–Crippen LogP) is 2.34. The monoisotopic (exact) mass is 317 g/mol. The molecule has 0 aliphatic heterocycles. The molecule has 0 aromatic carbocycles. The third kappa shape index (κ3) is 1.93. The third-order valence-corrected chi connectivity index (χ3v) is 7.86.